The van der Waals surface area contributed by atoms with Gasteiger partial charge in [0.25, 0.3) is 0 Å². The summed E-state index contributed by atoms with van der Waals surface area (Å²) in [6, 6.07) is 9.11. The number of aliphatic hydroxyl groups is 1. The van der Waals surface area contributed by atoms with Crippen LogP contribution in [0.3, 0.4) is 0 Å². The quantitative estimate of drug-likeness (QED) is 0.783. The van der Waals surface area contributed by atoms with Gasteiger partial charge in [-0.25, -0.2) is 0 Å². The molecule has 80 valence electrons. The standard InChI is InChI=1S/C11H12ClNO2/c12-10-5-2-1-4-9(10)11(8-13)15-7-3-6-14/h1-2,4-5,11,14H,3,6-7H2. The van der Waals surface area contributed by atoms with Gasteiger partial charge in [0.15, 0.2) is 6.10 Å². The maximum Gasteiger partial charge on any atom is 0.170 e. The van der Waals surface area contributed by atoms with Gasteiger partial charge in [-0.15, -0.1) is 0 Å². The van der Waals surface area contributed by atoms with E-state index in [4.69, 9.17) is 26.7 Å². The molecule has 0 amide bonds. The Morgan fingerprint density at radius 3 is 2.80 bits per heavy atom. The Balaban J connectivity index is 2.67. The first-order valence-corrected chi connectivity index (χ1v) is 5.04. The van der Waals surface area contributed by atoms with Crippen molar-refractivity contribution in [2.75, 3.05) is 13.2 Å². The molecule has 1 atom stereocenters. The predicted octanol–water partition coefficient (Wildman–Crippen LogP) is 2.30. The van der Waals surface area contributed by atoms with Gasteiger partial charge in [-0.2, -0.15) is 5.26 Å². The SMILES string of the molecule is N#CC(OCCCO)c1ccccc1Cl. The zero-order chi connectivity index (χ0) is 11.1. The second-order valence-electron chi connectivity index (χ2n) is 2.98. The van der Waals surface area contributed by atoms with Crippen LogP contribution in [-0.2, 0) is 4.74 Å². The molecule has 0 spiro atoms. The summed E-state index contributed by atoms with van der Waals surface area (Å²) in [5.41, 5.74) is 0.666. The molecule has 0 aliphatic rings. The molecule has 1 aromatic rings. The minimum Gasteiger partial charge on any atom is -0.396 e. The van der Waals surface area contributed by atoms with Crippen LogP contribution in [0.4, 0.5) is 0 Å². The summed E-state index contributed by atoms with van der Waals surface area (Å²) in [5.74, 6) is 0. The van der Waals surface area contributed by atoms with Gasteiger partial charge in [0, 0.05) is 17.2 Å². The minimum absolute atomic E-state index is 0.0562. The van der Waals surface area contributed by atoms with E-state index in [2.05, 4.69) is 0 Å². The van der Waals surface area contributed by atoms with Crippen LogP contribution in [0.25, 0.3) is 0 Å². The Hall–Kier alpha value is -1.08. The molecule has 0 radical (unpaired) electrons. The Morgan fingerprint density at radius 2 is 2.20 bits per heavy atom. The molecule has 1 aromatic carbocycles. The van der Waals surface area contributed by atoms with Gasteiger partial charge in [0.05, 0.1) is 12.7 Å². The van der Waals surface area contributed by atoms with Crippen molar-refractivity contribution >= 4 is 11.6 Å². The van der Waals surface area contributed by atoms with E-state index in [1.54, 1.807) is 24.3 Å². The summed E-state index contributed by atoms with van der Waals surface area (Å²) in [5, 5.41) is 18.0. The molecule has 0 aromatic heterocycles. The van der Waals surface area contributed by atoms with Crippen LogP contribution in [0.2, 0.25) is 5.02 Å². The Labute approximate surface area is 93.9 Å². The van der Waals surface area contributed by atoms with E-state index >= 15 is 0 Å². The van der Waals surface area contributed by atoms with Gasteiger partial charge in [-0.3, -0.25) is 0 Å². The molecule has 0 saturated carbocycles. The first-order chi connectivity index (χ1) is 7.29. The third-order valence-corrected chi connectivity index (χ3v) is 2.24. The number of rotatable bonds is 5. The van der Waals surface area contributed by atoms with Crippen LogP contribution in [0.1, 0.15) is 18.1 Å². The average molecular weight is 226 g/mol. The van der Waals surface area contributed by atoms with Crippen molar-refractivity contribution in [1.29, 1.82) is 5.26 Å². The van der Waals surface area contributed by atoms with Crippen molar-refractivity contribution in [3.05, 3.63) is 34.9 Å². The first-order valence-electron chi connectivity index (χ1n) is 4.66. The van der Waals surface area contributed by atoms with Gasteiger partial charge >= 0.3 is 0 Å². The molecular formula is C11H12ClNO2. The summed E-state index contributed by atoms with van der Waals surface area (Å²) in [7, 11) is 0. The van der Waals surface area contributed by atoms with Gasteiger partial charge in [-0.1, -0.05) is 29.8 Å². The molecule has 0 aliphatic carbocycles. The van der Waals surface area contributed by atoms with Crippen LogP contribution in [0.5, 0.6) is 0 Å². The van der Waals surface area contributed by atoms with Crippen LogP contribution in [0.15, 0.2) is 24.3 Å². The van der Waals surface area contributed by atoms with Crippen LogP contribution < -0.4 is 0 Å². The first kappa shape index (κ1) is 12.0. The number of halogens is 1. The van der Waals surface area contributed by atoms with Crippen molar-refractivity contribution in [1.82, 2.24) is 0 Å². The smallest absolute Gasteiger partial charge is 0.170 e. The van der Waals surface area contributed by atoms with Crippen molar-refractivity contribution in [2.45, 2.75) is 12.5 Å². The molecule has 1 rings (SSSR count). The molecule has 0 bridgehead atoms. The molecule has 1 N–H and O–H groups in total. The number of nitrogens with zero attached hydrogens (tertiary/aromatic N) is 1. The molecule has 3 nitrogen and oxygen atoms in total. The van der Waals surface area contributed by atoms with E-state index in [1.165, 1.54) is 0 Å². The molecular weight excluding hydrogens is 214 g/mol. The number of hydrogen-bond donors (Lipinski definition) is 1. The topological polar surface area (TPSA) is 53.2 Å². The van der Waals surface area contributed by atoms with E-state index in [-0.39, 0.29) is 6.61 Å². The van der Waals surface area contributed by atoms with Gasteiger partial charge in [0.1, 0.15) is 0 Å². The molecule has 0 fully saturated rings. The molecule has 15 heavy (non-hydrogen) atoms. The fourth-order valence-electron chi connectivity index (χ4n) is 1.15. The number of ether oxygens (including phenoxy) is 1. The van der Waals surface area contributed by atoms with E-state index < -0.39 is 6.10 Å². The lowest BCUT2D eigenvalue weighted by atomic mass is 10.1. The third kappa shape index (κ3) is 3.52. The fraction of sp³-hybridized carbons (Fsp3) is 0.364. The summed E-state index contributed by atoms with van der Waals surface area (Å²) in [6.07, 6.45) is -0.145. The van der Waals surface area contributed by atoms with Gasteiger partial charge in [-0.05, 0) is 12.5 Å². The zero-order valence-corrected chi connectivity index (χ0v) is 8.94. The third-order valence-electron chi connectivity index (χ3n) is 1.89. The van der Waals surface area contributed by atoms with Crippen LogP contribution in [0, 0.1) is 11.3 Å². The maximum absolute atomic E-state index is 8.91. The summed E-state index contributed by atoms with van der Waals surface area (Å²) in [6.45, 7) is 0.403. The second-order valence-corrected chi connectivity index (χ2v) is 3.39. The second kappa shape index (κ2) is 6.41. The Bertz CT molecular complexity index is 349. The zero-order valence-electron chi connectivity index (χ0n) is 8.19. The molecule has 1 unspecified atom stereocenters. The largest absolute Gasteiger partial charge is 0.396 e. The van der Waals surface area contributed by atoms with E-state index in [0.717, 1.165) is 0 Å². The lowest BCUT2D eigenvalue weighted by Gasteiger charge is -2.11. The average Bonchev–Trinajstić information content (AvgIpc) is 2.26. The van der Waals surface area contributed by atoms with E-state index in [1.807, 2.05) is 6.07 Å². The molecule has 0 saturated heterocycles. The van der Waals surface area contributed by atoms with Gasteiger partial charge < -0.3 is 9.84 Å². The lowest BCUT2D eigenvalue weighted by molar-refractivity contribution is 0.0774. The molecule has 4 heteroatoms. The number of hydrogen-bond acceptors (Lipinski definition) is 3. The van der Waals surface area contributed by atoms with Crippen molar-refractivity contribution in [2.24, 2.45) is 0 Å². The Kier molecular flexibility index (Phi) is 5.13. The number of benzene rings is 1. The van der Waals surface area contributed by atoms with E-state index in [0.29, 0.717) is 23.6 Å². The van der Waals surface area contributed by atoms with Crippen molar-refractivity contribution < 1.29 is 9.84 Å². The highest BCUT2D eigenvalue weighted by Crippen LogP contribution is 2.24. The highest BCUT2D eigenvalue weighted by atomic mass is 35.5. The Morgan fingerprint density at radius 1 is 1.47 bits per heavy atom. The van der Waals surface area contributed by atoms with E-state index in [9.17, 15) is 0 Å². The van der Waals surface area contributed by atoms with Crippen LogP contribution in [-0.4, -0.2) is 18.3 Å². The predicted molar refractivity (Wildman–Crippen MR) is 57.5 cm³/mol. The number of nitriles is 1. The molecule has 0 heterocycles. The molecule has 0 aliphatic heterocycles. The normalized spacial score (nSPS) is 12.1. The monoisotopic (exact) mass is 225 g/mol. The minimum atomic E-state index is -0.662. The highest BCUT2D eigenvalue weighted by molar-refractivity contribution is 6.31. The summed E-state index contributed by atoms with van der Waals surface area (Å²) < 4.78 is 5.29. The summed E-state index contributed by atoms with van der Waals surface area (Å²) in [4.78, 5) is 0. The highest BCUT2D eigenvalue weighted by Gasteiger charge is 2.13. The maximum atomic E-state index is 8.91. The fourth-order valence-corrected chi connectivity index (χ4v) is 1.38. The van der Waals surface area contributed by atoms with Crippen LogP contribution >= 0.6 is 11.6 Å². The van der Waals surface area contributed by atoms with Crippen molar-refractivity contribution in [3.63, 3.8) is 0 Å². The lowest BCUT2D eigenvalue weighted by Crippen LogP contribution is -2.05. The number of aliphatic hydroxyl groups excluding tert-OH is 1. The van der Waals surface area contributed by atoms with Gasteiger partial charge in [0.2, 0.25) is 0 Å². The van der Waals surface area contributed by atoms with Crippen molar-refractivity contribution in [3.8, 4) is 6.07 Å². The summed E-state index contributed by atoms with van der Waals surface area (Å²) >= 11 is 5.93.